The van der Waals surface area contributed by atoms with Crippen molar-refractivity contribution in [3.63, 3.8) is 0 Å². The molecule has 0 fully saturated rings. The second-order valence-electron chi connectivity index (χ2n) is 4.37. The number of nitrogens with one attached hydrogen (secondary N) is 1. The number of halogens is 1. The molecular weight excluding hydrogens is 262 g/mol. The smallest absolute Gasteiger partial charge is 0.0175 e. The van der Waals surface area contributed by atoms with Gasteiger partial charge in [0.25, 0.3) is 0 Å². The first-order chi connectivity index (χ1) is 7.72. The molecule has 0 spiro atoms. The number of rotatable bonds is 7. The minimum absolute atomic E-state index is 0.649. The lowest BCUT2D eigenvalue weighted by Crippen LogP contribution is -2.27. The fourth-order valence-electron chi connectivity index (χ4n) is 1.73. The maximum atomic E-state index is 3.57. The zero-order chi connectivity index (χ0) is 11.8. The Kier molecular flexibility index (Phi) is 6.74. The van der Waals surface area contributed by atoms with Gasteiger partial charge in [-0.3, -0.25) is 0 Å². The van der Waals surface area contributed by atoms with Crippen molar-refractivity contribution in [3.8, 4) is 0 Å². The van der Waals surface area contributed by atoms with E-state index in [0.29, 0.717) is 6.04 Å². The van der Waals surface area contributed by atoms with Crippen LogP contribution in [0.25, 0.3) is 0 Å². The Morgan fingerprint density at radius 2 is 1.94 bits per heavy atom. The van der Waals surface area contributed by atoms with Gasteiger partial charge in [-0.25, -0.2) is 0 Å². The Hall–Kier alpha value is -0.340. The zero-order valence-electron chi connectivity index (χ0n) is 10.3. The highest BCUT2D eigenvalue weighted by atomic mass is 79.9. The molecule has 0 aliphatic rings. The van der Waals surface area contributed by atoms with Gasteiger partial charge in [-0.15, -0.1) is 0 Å². The van der Waals surface area contributed by atoms with Crippen molar-refractivity contribution >= 4 is 15.9 Å². The molecule has 0 aliphatic heterocycles. The quantitative estimate of drug-likeness (QED) is 0.792. The molecule has 0 heterocycles. The van der Waals surface area contributed by atoms with Gasteiger partial charge in [-0.2, -0.15) is 0 Å². The van der Waals surface area contributed by atoms with Crippen LogP contribution < -0.4 is 5.32 Å². The summed E-state index contributed by atoms with van der Waals surface area (Å²) >= 11 is 3.45. The molecule has 0 saturated carbocycles. The van der Waals surface area contributed by atoms with Crippen molar-refractivity contribution < 1.29 is 0 Å². The Labute approximate surface area is 108 Å². The summed E-state index contributed by atoms with van der Waals surface area (Å²) in [6.07, 6.45) is 5.02. The van der Waals surface area contributed by atoms with E-state index in [9.17, 15) is 0 Å². The summed E-state index contributed by atoms with van der Waals surface area (Å²) in [6.45, 7) is 5.60. The normalized spacial score (nSPS) is 12.7. The van der Waals surface area contributed by atoms with Crippen molar-refractivity contribution in [1.82, 2.24) is 5.32 Å². The first-order valence-corrected chi connectivity index (χ1v) is 6.99. The van der Waals surface area contributed by atoms with E-state index in [-0.39, 0.29) is 0 Å². The fraction of sp³-hybridized carbons (Fsp3) is 0.571. The third kappa shape index (κ3) is 5.66. The molecule has 0 radical (unpaired) electrons. The molecule has 0 aromatic heterocycles. The summed E-state index contributed by atoms with van der Waals surface area (Å²) in [5.74, 6) is 0. The minimum Gasteiger partial charge on any atom is -0.314 e. The predicted molar refractivity (Wildman–Crippen MR) is 74.8 cm³/mol. The van der Waals surface area contributed by atoms with Crippen LogP contribution in [0.4, 0.5) is 0 Å². The van der Waals surface area contributed by atoms with Gasteiger partial charge in [-0.05, 0) is 44.0 Å². The molecule has 0 saturated heterocycles. The first kappa shape index (κ1) is 13.7. The van der Waals surface area contributed by atoms with Crippen molar-refractivity contribution in [1.29, 1.82) is 0 Å². The maximum Gasteiger partial charge on any atom is 0.0175 e. The van der Waals surface area contributed by atoms with Crippen LogP contribution in [0, 0.1) is 0 Å². The summed E-state index contributed by atoms with van der Waals surface area (Å²) in [5.41, 5.74) is 1.40. The highest BCUT2D eigenvalue weighted by Crippen LogP contribution is 2.10. The van der Waals surface area contributed by atoms with Gasteiger partial charge in [0.2, 0.25) is 0 Å². The largest absolute Gasteiger partial charge is 0.314 e. The first-order valence-electron chi connectivity index (χ1n) is 6.20. The molecule has 1 rings (SSSR count). The van der Waals surface area contributed by atoms with Crippen LogP contribution >= 0.6 is 15.9 Å². The fourth-order valence-corrected chi connectivity index (χ4v) is 1.99. The van der Waals surface area contributed by atoms with E-state index in [1.807, 2.05) is 0 Å². The molecule has 2 heteroatoms. The Morgan fingerprint density at radius 3 is 2.56 bits per heavy atom. The van der Waals surface area contributed by atoms with Crippen LogP contribution in [0.5, 0.6) is 0 Å². The Balaban J connectivity index is 2.17. The van der Waals surface area contributed by atoms with E-state index in [0.717, 1.165) is 17.4 Å². The number of benzene rings is 1. The average molecular weight is 284 g/mol. The molecule has 90 valence electrons. The van der Waals surface area contributed by atoms with Crippen LogP contribution in [0.3, 0.4) is 0 Å². The van der Waals surface area contributed by atoms with Gasteiger partial charge in [0.15, 0.2) is 0 Å². The molecule has 1 aromatic rings. The van der Waals surface area contributed by atoms with Crippen molar-refractivity contribution in [2.45, 2.75) is 45.6 Å². The molecule has 0 aliphatic carbocycles. The molecule has 1 atom stereocenters. The molecule has 1 nitrogen and oxygen atoms in total. The topological polar surface area (TPSA) is 12.0 Å². The predicted octanol–water partition coefficient (Wildman–Crippen LogP) is 4.16. The van der Waals surface area contributed by atoms with E-state index >= 15 is 0 Å². The Bertz CT molecular complexity index is 281. The lowest BCUT2D eigenvalue weighted by Gasteiger charge is -2.13. The standard InChI is InChI=1S/C14H22BrN/c1-3-4-5-12(2)16-11-10-13-6-8-14(15)9-7-13/h6-9,12,16H,3-5,10-11H2,1-2H3. The van der Waals surface area contributed by atoms with Crippen LogP contribution in [-0.4, -0.2) is 12.6 Å². The second kappa shape index (κ2) is 7.86. The van der Waals surface area contributed by atoms with E-state index < -0.39 is 0 Å². The summed E-state index contributed by atoms with van der Waals surface area (Å²) < 4.78 is 1.15. The summed E-state index contributed by atoms with van der Waals surface area (Å²) in [5, 5.41) is 3.57. The molecule has 1 N–H and O–H groups in total. The van der Waals surface area contributed by atoms with E-state index in [2.05, 4.69) is 59.4 Å². The Morgan fingerprint density at radius 1 is 1.25 bits per heavy atom. The molecule has 0 amide bonds. The molecule has 0 bridgehead atoms. The monoisotopic (exact) mass is 283 g/mol. The van der Waals surface area contributed by atoms with Crippen LogP contribution in [0.2, 0.25) is 0 Å². The van der Waals surface area contributed by atoms with Gasteiger partial charge in [-0.1, -0.05) is 47.8 Å². The lowest BCUT2D eigenvalue weighted by molar-refractivity contribution is 0.498. The van der Waals surface area contributed by atoms with Crippen LogP contribution in [-0.2, 0) is 6.42 Å². The average Bonchev–Trinajstić information content (AvgIpc) is 2.29. The minimum atomic E-state index is 0.649. The maximum absolute atomic E-state index is 3.57. The van der Waals surface area contributed by atoms with Crippen LogP contribution in [0.15, 0.2) is 28.7 Å². The highest BCUT2D eigenvalue weighted by molar-refractivity contribution is 9.10. The lowest BCUT2D eigenvalue weighted by atomic mass is 10.1. The van der Waals surface area contributed by atoms with Gasteiger partial charge >= 0.3 is 0 Å². The van der Waals surface area contributed by atoms with E-state index in [1.165, 1.54) is 24.8 Å². The molecular formula is C14H22BrN. The third-order valence-corrected chi connectivity index (χ3v) is 3.34. The summed E-state index contributed by atoms with van der Waals surface area (Å²) in [4.78, 5) is 0. The van der Waals surface area contributed by atoms with Gasteiger partial charge in [0.1, 0.15) is 0 Å². The highest BCUT2D eigenvalue weighted by Gasteiger charge is 2.00. The van der Waals surface area contributed by atoms with Crippen molar-refractivity contribution in [3.05, 3.63) is 34.3 Å². The van der Waals surface area contributed by atoms with Gasteiger partial charge in [0.05, 0.1) is 0 Å². The van der Waals surface area contributed by atoms with Crippen molar-refractivity contribution in [2.24, 2.45) is 0 Å². The SMILES string of the molecule is CCCCC(C)NCCc1ccc(Br)cc1. The van der Waals surface area contributed by atoms with Crippen LogP contribution in [0.1, 0.15) is 38.7 Å². The summed E-state index contributed by atoms with van der Waals surface area (Å²) in [7, 11) is 0. The van der Waals surface area contributed by atoms with Gasteiger partial charge in [0, 0.05) is 10.5 Å². The third-order valence-electron chi connectivity index (χ3n) is 2.81. The second-order valence-corrected chi connectivity index (χ2v) is 5.29. The number of hydrogen-bond acceptors (Lipinski definition) is 1. The molecule has 16 heavy (non-hydrogen) atoms. The number of unbranched alkanes of at least 4 members (excludes halogenated alkanes) is 1. The molecule has 1 unspecified atom stereocenters. The summed E-state index contributed by atoms with van der Waals surface area (Å²) in [6, 6.07) is 9.23. The van der Waals surface area contributed by atoms with Gasteiger partial charge < -0.3 is 5.32 Å². The van der Waals surface area contributed by atoms with Crippen molar-refractivity contribution in [2.75, 3.05) is 6.54 Å². The molecule has 1 aromatic carbocycles. The zero-order valence-corrected chi connectivity index (χ0v) is 11.9. The van der Waals surface area contributed by atoms with E-state index in [1.54, 1.807) is 0 Å². The number of hydrogen-bond donors (Lipinski definition) is 1. The van der Waals surface area contributed by atoms with E-state index in [4.69, 9.17) is 0 Å².